The third kappa shape index (κ3) is 6.61. The fourth-order valence-electron chi connectivity index (χ4n) is 3.73. The van der Waals surface area contributed by atoms with E-state index >= 15 is 0 Å². The number of alkyl carbamates (subject to hydrolysis) is 1. The summed E-state index contributed by atoms with van der Waals surface area (Å²) in [4.78, 5) is 16.7. The molecule has 1 heterocycles. The number of pyridine rings is 1. The molecular weight excluding hydrogens is 390 g/mol. The molecule has 2 aromatic rings. The summed E-state index contributed by atoms with van der Waals surface area (Å²) in [5.74, 6) is 0.691. The van der Waals surface area contributed by atoms with Crippen molar-refractivity contribution in [3.63, 3.8) is 0 Å². The van der Waals surface area contributed by atoms with E-state index in [4.69, 9.17) is 4.74 Å². The highest BCUT2D eigenvalue weighted by Gasteiger charge is 2.28. The predicted octanol–water partition coefficient (Wildman–Crippen LogP) is 5.25. The number of nitriles is 1. The topological polar surface area (TPSA) is 99.1 Å². The Labute approximate surface area is 184 Å². The number of carbonyl (C=O) groups is 1. The van der Waals surface area contributed by atoms with Gasteiger partial charge in [0.15, 0.2) is 0 Å². The number of benzene rings is 1. The van der Waals surface area contributed by atoms with E-state index in [0.717, 1.165) is 37.1 Å². The van der Waals surface area contributed by atoms with Crippen molar-refractivity contribution in [3.8, 4) is 6.07 Å². The summed E-state index contributed by atoms with van der Waals surface area (Å²) >= 11 is 0. The van der Waals surface area contributed by atoms with Crippen molar-refractivity contribution >= 4 is 23.3 Å². The first-order valence-electron chi connectivity index (χ1n) is 10.7. The summed E-state index contributed by atoms with van der Waals surface area (Å²) in [6.45, 7) is 7.50. The summed E-state index contributed by atoms with van der Waals surface area (Å²) in [7, 11) is 0. The number of aryl methyl sites for hydroxylation is 1. The standard InChI is InChI=1S/C24H31N5O2/c1-16-8-7-11-22(26-16)28-21-14-18(13-12-17(21)15-25)27-19-9-5-6-10-20(19)29-23(30)31-24(2,3)4/h7-8,11-14,19-20,27H,5-6,9-10H2,1-4H3,(H,26,28)(H,29,30)/t19-,20+/m0/s1. The molecular formula is C24H31N5O2. The molecule has 0 bridgehead atoms. The van der Waals surface area contributed by atoms with Gasteiger partial charge in [-0.05, 0) is 70.9 Å². The number of hydrogen-bond donors (Lipinski definition) is 3. The number of anilines is 3. The lowest BCUT2D eigenvalue weighted by molar-refractivity contribution is 0.0488. The zero-order valence-corrected chi connectivity index (χ0v) is 18.7. The quantitative estimate of drug-likeness (QED) is 0.609. The van der Waals surface area contributed by atoms with Gasteiger partial charge in [0.1, 0.15) is 17.5 Å². The lowest BCUT2D eigenvalue weighted by Crippen LogP contribution is -2.49. The molecule has 1 aliphatic carbocycles. The average Bonchev–Trinajstić information content (AvgIpc) is 2.68. The first-order chi connectivity index (χ1) is 14.7. The van der Waals surface area contributed by atoms with E-state index in [0.29, 0.717) is 17.1 Å². The fraction of sp³-hybridized carbons (Fsp3) is 0.458. The monoisotopic (exact) mass is 421 g/mol. The molecule has 1 saturated carbocycles. The van der Waals surface area contributed by atoms with Crippen molar-refractivity contribution in [1.29, 1.82) is 5.26 Å². The van der Waals surface area contributed by atoms with E-state index in [1.54, 1.807) is 6.07 Å². The number of nitrogens with one attached hydrogen (secondary N) is 3. The highest BCUT2D eigenvalue weighted by Crippen LogP contribution is 2.27. The molecule has 164 valence electrons. The SMILES string of the molecule is Cc1cccc(Nc2cc(N[C@H]3CCCC[C@H]3NC(=O)OC(C)(C)C)ccc2C#N)n1. The van der Waals surface area contributed by atoms with Gasteiger partial charge in [-0.1, -0.05) is 18.9 Å². The van der Waals surface area contributed by atoms with E-state index in [9.17, 15) is 10.1 Å². The first kappa shape index (κ1) is 22.4. The van der Waals surface area contributed by atoms with Crippen molar-refractivity contribution in [2.24, 2.45) is 0 Å². The smallest absolute Gasteiger partial charge is 0.407 e. The lowest BCUT2D eigenvalue weighted by atomic mass is 9.90. The van der Waals surface area contributed by atoms with Crippen LogP contribution in [-0.2, 0) is 4.74 Å². The maximum absolute atomic E-state index is 12.3. The fourth-order valence-corrected chi connectivity index (χ4v) is 3.73. The molecule has 1 aromatic carbocycles. The zero-order chi connectivity index (χ0) is 22.4. The highest BCUT2D eigenvalue weighted by atomic mass is 16.6. The van der Waals surface area contributed by atoms with Gasteiger partial charge in [-0.25, -0.2) is 9.78 Å². The van der Waals surface area contributed by atoms with E-state index in [-0.39, 0.29) is 18.2 Å². The number of hydrogen-bond acceptors (Lipinski definition) is 6. The van der Waals surface area contributed by atoms with Gasteiger partial charge in [-0.3, -0.25) is 0 Å². The molecule has 1 aliphatic rings. The third-order valence-corrected chi connectivity index (χ3v) is 5.11. The molecule has 0 aliphatic heterocycles. The molecule has 1 amide bonds. The van der Waals surface area contributed by atoms with E-state index in [2.05, 4.69) is 27.0 Å². The van der Waals surface area contributed by atoms with Crippen LogP contribution < -0.4 is 16.0 Å². The third-order valence-electron chi connectivity index (χ3n) is 5.11. The Kier molecular flexibility index (Phi) is 7.01. The Bertz CT molecular complexity index is 961. The summed E-state index contributed by atoms with van der Waals surface area (Å²) in [5.41, 5.74) is 2.49. The van der Waals surface area contributed by atoms with Gasteiger partial charge in [0.2, 0.25) is 0 Å². The van der Waals surface area contributed by atoms with E-state index in [1.165, 1.54) is 0 Å². The van der Waals surface area contributed by atoms with Gasteiger partial charge in [0.05, 0.1) is 17.3 Å². The Morgan fingerprint density at radius 2 is 1.90 bits per heavy atom. The highest BCUT2D eigenvalue weighted by molar-refractivity contribution is 5.70. The molecule has 31 heavy (non-hydrogen) atoms. The van der Waals surface area contributed by atoms with Crippen molar-refractivity contribution in [1.82, 2.24) is 10.3 Å². The van der Waals surface area contributed by atoms with Crippen LogP contribution in [0.5, 0.6) is 0 Å². The van der Waals surface area contributed by atoms with Gasteiger partial charge in [0, 0.05) is 17.4 Å². The minimum absolute atomic E-state index is 0.0194. The second-order valence-electron chi connectivity index (χ2n) is 8.95. The Morgan fingerprint density at radius 3 is 2.58 bits per heavy atom. The molecule has 7 nitrogen and oxygen atoms in total. The number of ether oxygens (including phenoxy) is 1. The Hall–Kier alpha value is -3.27. The zero-order valence-electron chi connectivity index (χ0n) is 18.7. The van der Waals surface area contributed by atoms with E-state index in [1.807, 2.05) is 58.0 Å². The molecule has 0 spiro atoms. The number of amides is 1. The Morgan fingerprint density at radius 1 is 1.16 bits per heavy atom. The van der Waals surface area contributed by atoms with Gasteiger partial charge in [0.25, 0.3) is 0 Å². The predicted molar refractivity (Wildman–Crippen MR) is 122 cm³/mol. The summed E-state index contributed by atoms with van der Waals surface area (Å²) in [6.07, 6.45) is 3.61. The minimum Gasteiger partial charge on any atom is -0.444 e. The normalized spacial score (nSPS) is 18.5. The lowest BCUT2D eigenvalue weighted by Gasteiger charge is -2.34. The van der Waals surface area contributed by atoms with Gasteiger partial charge < -0.3 is 20.7 Å². The number of rotatable bonds is 5. The van der Waals surface area contributed by atoms with Crippen LogP contribution in [0.4, 0.5) is 22.0 Å². The van der Waals surface area contributed by atoms with Crippen molar-refractivity contribution in [3.05, 3.63) is 47.7 Å². The number of aromatic nitrogens is 1. The Balaban J connectivity index is 1.74. The van der Waals surface area contributed by atoms with Crippen LogP contribution in [0.15, 0.2) is 36.4 Å². The van der Waals surface area contributed by atoms with Gasteiger partial charge >= 0.3 is 6.09 Å². The maximum Gasteiger partial charge on any atom is 0.407 e. The second kappa shape index (κ2) is 9.69. The molecule has 0 radical (unpaired) electrons. The van der Waals surface area contributed by atoms with Gasteiger partial charge in [-0.15, -0.1) is 0 Å². The van der Waals surface area contributed by atoms with Crippen LogP contribution in [0.2, 0.25) is 0 Å². The van der Waals surface area contributed by atoms with Crippen LogP contribution in [0.1, 0.15) is 57.7 Å². The van der Waals surface area contributed by atoms with Crippen LogP contribution in [0.3, 0.4) is 0 Å². The molecule has 3 rings (SSSR count). The second-order valence-corrected chi connectivity index (χ2v) is 8.95. The summed E-state index contributed by atoms with van der Waals surface area (Å²) in [6, 6.07) is 13.6. The largest absolute Gasteiger partial charge is 0.444 e. The van der Waals surface area contributed by atoms with Crippen LogP contribution >= 0.6 is 0 Å². The molecule has 3 N–H and O–H groups in total. The number of carbonyl (C=O) groups excluding carboxylic acids is 1. The summed E-state index contributed by atoms with van der Waals surface area (Å²) in [5, 5.41) is 19.3. The average molecular weight is 422 g/mol. The van der Waals surface area contributed by atoms with Crippen LogP contribution in [-0.4, -0.2) is 28.8 Å². The molecule has 2 atom stereocenters. The van der Waals surface area contributed by atoms with Crippen LogP contribution in [0.25, 0.3) is 0 Å². The molecule has 1 fully saturated rings. The molecule has 0 saturated heterocycles. The first-order valence-corrected chi connectivity index (χ1v) is 10.7. The number of nitrogens with zero attached hydrogens (tertiary/aromatic N) is 2. The summed E-state index contributed by atoms with van der Waals surface area (Å²) < 4.78 is 5.43. The molecule has 7 heteroatoms. The molecule has 1 aromatic heterocycles. The van der Waals surface area contributed by atoms with Gasteiger partial charge in [-0.2, -0.15) is 5.26 Å². The molecule has 0 unspecified atom stereocenters. The minimum atomic E-state index is -0.529. The van der Waals surface area contributed by atoms with Crippen molar-refractivity contribution in [2.45, 2.75) is 71.1 Å². The van der Waals surface area contributed by atoms with E-state index < -0.39 is 5.60 Å². The van der Waals surface area contributed by atoms with Crippen molar-refractivity contribution < 1.29 is 9.53 Å². The van der Waals surface area contributed by atoms with Crippen LogP contribution in [0, 0.1) is 18.3 Å². The van der Waals surface area contributed by atoms with Crippen molar-refractivity contribution in [2.75, 3.05) is 10.6 Å². The maximum atomic E-state index is 12.3.